The van der Waals surface area contributed by atoms with Crippen molar-refractivity contribution in [3.8, 4) is 0 Å². The third-order valence-electron chi connectivity index (χ3n) is 3.68. The minimum Gasteiger partial charge on any atom is -0.422 e. The first-order valence-electron chi connectivity index (χ1n) is 7.29. The Morgan fingerprint density at radius 3 is 3.12 bits per heavy atom. The van der Waals surface area contributed by atoms with E-state index in [1.165, 1.54) is 11.3 Å². The Morgan fingerprint density at radius 1 is 1.33 bits per heavy atom. The number of thiazole rings is 1. The van der Waals surface area contributed by atoms with Crippen LogP contribution in [-0.4, -0.2) is 27.0 Å². The smallest absolute Gasteiger partial charge is 0.349 e. The molecule has 0 spiro atoms. The van der Waals surface area contributed by atoms with Crippen LogP contribution in [0.15, 0.2) is 51.3 Å². The molecule has 0 saturated carbocycles. The number of aromatic nitrogens is 3. The van der Waals surface area contributed by atoms with Crippen molar-refractivity contribution in [2.75, 3.05) is 6.54 Å². The molecule has 3 heterocycles. The highest BCUT2D eigenvalue weighted by Crippen LogP contribution is 2.14. The quantitative estimate of drug-likeness (QED) is 0.573. The lowest BCUT2D eigenvalue weighted by atomic mass is 10.2. The monoisotopic (exact) mass is 340 g/mol. The van der Waals surface area contributed by atoms with E-state index in [1.807, 2.05) is 15.8 Å². The van der Waals surface area contributed by atoms with Crippen molar-refractivity contribution in [2.24, 2.45) is 0 Å². The van der Waals surface area contributed by atoms with Gasteiger partial charge < -0.3 is 9.73 Å². The van der Waals surface area contributed by atoms with E-state index in [4.69, 9.17) is 4.42 Å². The van der Waals surface area contributed by atoms with Crippen molar-refractivity contribution in [2.45, 2.75) is 6.42 Å². The lowest BCUT2D eigenvalue weighted by Gasteiger charge is -2.05. The van der Waals surface area contributed by atoms with Gasteiger partial charge in [0, 0.05) is 29.4 Å². The summed E-state index contributed by atoms with van der Waals surface area (Å²) in [6, 6.07) is 8.64. The van der Waals surface area contributed by atoms with Gasteiger partial charge in [-0.2, -0.15) is 0 Å². The van der Waals surface area contributed by atoms with Gasteiger partial charge in [0.25, 0.3) is 5.91 Å². The number of hydrogen-bond donors (Lipinski definition) is 1. The summed E-state index contributed by atoms with van der Waals surface area (Å²) < 4.78 is 7.05. The first kappa shape index (κ1) is 14.6. The molecule has 0 aliphatic heterocycles. The number of rotatable bonds is 4. The lowest BCUT2D eigenvalue weighted by Crippen LogP contribution is -2.30. The zero-order valence-electron chi connectivity index (χ0n) is 12.4. The Labute approximate surface area is 139 Å². The number of nitrogens with zero attached hydrogens (tertiary/aromatic N) is 3. The second kappa shape index (κ2) is 5.89. The second-order valence-corrected chi connectivity index (χ2v) is 6.04. The van der Waals surface area contributed by atoms with Gasteiger partial charge in [0.2, 0.25) is 4.96 Å². The summed E-state index contributed by atoms with van der Waals surface area (Å²) in [6.07, 6.45) is 2.25. The molecule has 120 valence electrons. The summed E-state index contributed by atoms with van der Waals surface area (Å²) in [4.78, 5) is 25.0. The van der Waals surface area contributed by atoms with Crippen molar-refractivity contribution >= 4 is 33.2 Å². The number of para-hydroxylation sites is 1. The maximum Gasteiger partial charge on any atom is 0.349 e. The number of carbonyl (C=O) groups excluding carboxylic acids is 1. The number of nitrogens with one attached hydrogen (secondary N) is 1. The number of hydrogen-bond acceptors (Lipinski definition) is 6. The van der Waals surface area contributed by atoms with Crippen LogP contribution in [0.4, 0.5) is 0 Å². The highest BCUT2D eigenvalue weighted by atomic mass is 32.1. The maximum atomic E-state index is 12.3. The Bertz CT molecular complexity index is 1100. The van der Waals surface area contributed by atoms with Gasteiger partial charge in [-0.05, 0) is 12.1 Å². The normalized spacial score (nSPS) is 11.2. The molecule has 1 aromatic carbocycles. The summed E-state index contributed by atoms with van der Waals surface area (Å²) in [5, 5.41) is 13.2. The Morgan fingerprint density at radius 2 is 2.21 bits per heavy atom. The van der Waals surface area contributed by atoms with E-state index in [2.05, 4.69) is 15.5 Å². The molecular weight excluding hydrogens is 328 g/mol. The molecular formula is C16H12N4O3S. The molecule has 24 heavy (non-hydrogen) atoms. The molecule has 4 rings (SSSR count). The van der Waals surface area contributed by atoms with Gasteiger partial charge >= 0.3 is 5.63 Å². The van der Waals surface area contributed by atoms with Crippen molar-refractivity contribution in [3.05, 3.63) is 63.7 Å². The predicted octanol–water partition coefficient (Wildman–Crippen LogP) is 1.87. The Balaban J connectivity index is 1.49. The average molecular weight is 340 g/mol. The van der Waals surface area contributed by atoms with Crippen LogP contribution in [0.1, 0.15) is 16.1 Å². The van der Waals surface area contributed by atoms with E-state index in [-0.39, 0.29) is 5.56 Å². The van der Waals surface area contributed by atoms with Crippen molar-refractivity contribution in [1.82, 2.24) is 19.9 Å². The second-order valence-electron chi connectivity index (χ2n) is 5.20. The van der Waals surface area contributed by atoms with E-state index < -0.39 is 11.5 Å². The molecule has 3 aromatic heterocycles. The van der Waals surface area contributed by atoms with Crippen molar-refractivity contribution < 1.29 is 9.21 Å². The SMILES string of the molecule is O=C(NCCc1csc2nncn12)c1cc2ccccc2oc1=O. The first-order chi connectivity index (χ1) is 11.7. The predicted molar refractivity (Wildman–Crippen MR) is 89.4 cm³/mol. The van der Waals surface area contributed by atoms with E-state index >= 15 is 0 Å². The fourth-order valence-corrected chi connectivity index (χ4v) is 3.32. The molecule has 0 bridgehead atoms. The third-order valence-corrected chi connectivity index (χ3v) is 4.56. The van der Waals surface area contributed by atoms with E-state index in [1.54, 1.807) is 30.6 Å². The van der Waals surface area contributed by atoms with Crippen molar-refractivity contribution in [1.29, 1.82) is 0 Å². The van der Waals surface area contributed by atoms with Crippen LogP contribution in [0, 0.1) is 0 Å². The largest absolute Gasteiger partial charge is 0.422 e. The summed E-state index contributed by atoms with van der Waals surface area (Å²) in [5.41, 5.74) is 0.842. The standard InChI is InChI=1S/C16H12N4O3S/c21-14(12-7-10-3-1-2-4-13(10)23-15(12)22)17-6-5-11-8-24-16-19-18-9-20(11)16/h1-4,7-9H,5-6H2,(H,17,21). The molecule has 0 saturated heterocycles. The van der Waals surface area contributed by atoms with Crippen LogP contribution in [0.2, 0.25) is 0 Å². The summed E-state index contributed by atoms with van der Waals surface area (Å²) >= 11 is 1.49. The van der Waals surface area contributed by atoms with E-state index in [0.29, 0.717) is 23.9 Å². The zero-order valence-corrected chi connectivity index (χ0v) is 13.2. The van der Waals surface area contributed by atoms with Gasteiger partial charge in [0.15, 0.2) is 0 Å². The van der Waals surface area contributed by atoms with Gasteiger partial charge in [-0.3, -0.25) is 9.20 Å². The van der Waals surface area contributed by atoms with Gasteiger partial charge in [-0.25, -0.2) is 4.79 Å². The van der Waals surface area contributed by atoms with E-state index in [0.717, 1.165) is 10.7 Å². The van der Waals surface area contributed by atoms with Gasteiger partial charge in [0.1, 0.15) is 17.5 Å². The topological polar surface area (TPSA) is 89.5 Å². The molecule has 4 aromatic rings. The highest BCUT2D eigenvalue weighted by molar-refractivity contribution is 7.15. The number of benzene rings is 1. The molecule has 1 amide bonds. The van der Waals surface area contributed by atoms with Crippen LogP contribution in [0.25, 0.3) is 15.9 Å². The molecule has 7 nitrogen and oxygen atoms in total. The minimum absolute atomic E-state index is 0.00784. The summed E-state index contributed by atoms with van der Waals surface area (Å²) in [7, 11) is 0. The molecule has 0 aliphatic carbocycles. The zero-order chi connectivity index (χ0) is 16.5. The molecule has 0 unspecified atom stereocenters. The number of amides is 1. The summed E-state index contributed by atoms with van der Waals surface area (Å²) in [6.45, 7) is 0.398. The fraction of sp³-hybridized carbons (Fsp3) is 0.125. The van der Waals surface area contributed by atoms with Crippen LogP contribution in [0.5, 0.6) is 0 Å². The molecule has 0 atom stereocenters. The Hall–Kier alpha value is -3.00. The van der Waals surface area contributed by atoms with Gasteiger partial charge in [0.05, 0.1) is 0 Å². The lowest BCUT2D eigenvalue weighted by molar-refractivity contribution is 0.0950. The fourth-order valence-electron chi connectivity index (χ4n) is 2.48. The minimum atomic E-state index is -0.636. The maximum absolute atomic E-state index is 12.3. The highest BCUT2D eigenvalue weighted by Gasteiger charge is 2.13. The molecule has 0 fully saturated rings. The van der Waals surface area contributed by atoms with Gasteiger partial charge in [-0.15, -0.1) is 21.5 Å². The van der Waals surface area contributed by atoms with Crippen LogP contribution < -0.4 is 10.9 Å². The third kappa shape index (κ3) is 2.56. The number of carbonyl (C=O) groups is 1. The summed E-state index contributed by atoms with van der Waals surface area (Å²) in [5.74, 6) is -0.440. The van der Waals surface area contributed by atoms with E-state index in [9.17, 15) is 9.59 Å². The van der Waals surface area contributed by atoms with Crippen molar-refractivity contribution in [3.63, 3.8) is 0 Å². The van der Waals surface area contributed by atoms with Gasteiger partial charge in [-0.1, -0.05) is 18.2 Å². The Kier molecular flexibility index (Phi) is 3.58. The molecule has 0 aliphatic rings. The van der Waals surface area contributed by atoms with Crippen LogP contribution in [-0.2, 0) is 6.42 Å². The molecule has 1 N–H and O–H groups in total. The average Bonchev–Trinajstić information content (AvgIpc) is 3.18. The van der Waals surface area contributed by atoms with Crippen LogP contribution in [0.3, 0.4) is 0 Å². The van der Waals surface area contributed by atoms with Crippen LogP contribution >= 0.6 is 11.3 Å². The first-order valence-corrected chi connectivity index (χ1v) is 8.17. The molecule has 0 radical (unpaired) electrons. The number of fused-ring (bicyclic) bond motifs is 2. The molecule has 8 heteroatoms.